The second-order valence-electron chi connectivity index (χ2n) is 6.68. The average Bonchev–Trinajstić information content (AvgIpc) is 3.39. The van der Waals surface area contributed by atoms with Gasteiger partial charge in [0.25, 0.3) is 5.91 Å². The van der Waals surface area contributed by atoms with Crippen LogP contribution in [0, 0.1) is 0 Å². The van der Waals surface area contributed by atoms with Crippen molar-refractivity contribution in [3.05, 3.63) is 54.1 Å². The molecule has 2 amide bonds. The van der Waals surface area contributed by atoms with E-state index in [1.165, 1.54) is 17.1 Å². The van der Waals surface area contributed by atoms with Crippen molar-refractivity contribution < 1.29 is 14.3 Å². The van der Waals surface area contributed by atoms with Crippen LogP contribution in [-0.4, -0.2) is 36.5 Å². The Morgan fingerprint density at radius 2 is 1.79 bits per heavy atom. The first-order valence-electron chi connectivity index (χ1n) is 9.35. The first-order valence-corrected chi connectivity index (χ1v) is 11.4. The lowest BCUT2D eigenvalue weighted by atomic mass is 10.2. The fourth-order valence-corrected chi connectivity index (χ4v) is 6.12. The predicted molar refractivity (Wildman–Crippen MR) is 116 cm³/mol. The van der Waals surface area contributed by atoms with Crippen LogP contribution < -0.4 is 15.0 Å². The number of amides is 2. The number of anilines is 2. The van der Waals surface area contributed by atoms with Crippen molar-refractivity contribution in [1.29, 1.82) is 0 Å². The lowest BCUT2D eigenvalue weighted by Gasteiger charge is -2.16. The molecule has 0 saturated carbocycles. The number of benzene rings is 2. The zero-order valence-electron chi connectivity index (χ0n) is 15.4. The summed E-state index contributed by atoms with van der Waals surface area (Å²) in [6, 6.07) is 15.3. The van der Waals surface area contributed by atoms with Crippen molar-refractivity contribution in [3.63, 3.8) is 0 Å². The number of rotatable bonds is 6. The molecule has 2 aliphatic rings. The molecular weight excluding hydrogens is 392 g/mol. The second-order valence-corrected chi connectivity index (χ2v) is 9.40. The zero-order valence-corrected chi connectivity index (χ0v) is 17.1. The van der Waals surface area contributed by atoms with E-state index in [0.717, 1.165) is 18.7 Å². The third-order valence-corrected chi connectivity index (χ3v) is 7.78. The van der Waals surface area contributed by atoms with Crippen molar-refractivity contribution in [2.45, 2.75) is 17.4 Å². The largest absolute Gasteiger partial charge is 0.484 e. The number of nitrogens with one attached hydrogen (secondary N) is 1. The van der Waals surface area contributed by atoms with E-state index in [2.05, 4.69) is 17.4 Å². The molecule has 7 heteroatoms. The molecule has 2 aromatic carbocycles. The molecule has 0 aromatic heterocycles. The number of hydrogen-bond acceptors (Lipinski definition) is 5. The van der Waals surface area contributed by atoms with Gasteiger partial charge in [-0.3, -0.25) is 9.59 Å². The third-order valence-electron chi connectivity index (χ3n) is 4.68. The summed E-state index contributed by atoms with van der Waals surface area (Å²) in [6.07, 6.45) is 1.50. The Bertz CT molecular complexity index is 834. The Morgan fingerprint density at radius 3 is 2.43 bits per heavy atom. The molecule has 0 unspecified atom stereocenters. The highest BCUT2D eigenvalue weighted by molar-refractivity contribution is 8.19. The highest BCUT2D eigenvalue weighted by atomic mass is 32.2. The number of ether oxygens (including phenoxy) is 1. The van der Waals surface area contributed by atoms with Gasteiger partial charge in [0.05, 0.1) is 4.58 Å². The molecule has 2 heterocycles. The van der Waals surface area contributed by atoms with Crippen LogP contribution in [0.5, 0.6) is 5.75 Å². The SMILES string of the molecule is O=C(COc1ccc(C2SCCS2)cc1)Nc1ccc(N2CCCC2=O)cc1. The molecule has 0 spiro atoms. The molecule has 1 N–H and O–H groups in total. The number of thioether (sulfide) groups is 2. The van der Waals surface area contributed by atoms with Gasteiger partial charge in [-0.15, -0.1) is 23.5 Å². The number of nitrogens with zero attached hydrogens (tertiary/aromatic N) is 1. The van der Waals surface area contributed by atoms with Crippen molar-refractivity contribution in [3.8, 4) is 5.75 Å². The summed E-state index contributed by atoms with van der Waals surface area (Å²) >= 11 is 3.93. The molecule has 0 atom stereocenters. The fraction of sp³-hybridized carbons (Fsp3) is 0.333. The van der Waals surface area contributed by atoms with E-state index in [1.807, 2.05) is 59.9 Å². The van der Waals surface area contributed by atoms with Gasteiger partial charge in [0.1, 0.15) is 5.75 Å². The first kappa shape index (κ1) is 19.2. The van der Waals surface area contributed by atoms with Gasteiger partial charge >= 0.3 is 0 Å². The highest BCUT2D eigenvalue weighted by Crippen LogP contribution is 2.45. The van der Waals surface area contributed by atoms with Crippen LogP contribution in [0.4, 0.5) is 11.4 Å². The summed E-state index contributed by atoms with van der Waals surface area (Å²) in [6.45, 7) is 0.716. The van der Waals surface area contributed by atoms with E-state index in [-0.39, 0.29) is 18.4 Å². The Morgan fingerprint density at radius 1 is 1.07 bits per heavy atom. The molecule has 2 aliphatic heterocycles. The van der Waals surface area contributed by atoms with Crippen LogP contribution in [-0.2, 0) is 9.59 Å². The lowest BCUT2D eigenvalue weighted by molar-refractivity contribution is -0.118. The standard InChI is InChI=1S/C21H22N2O3S2/c24-19(14-26-18-9-3-15(4-10-18)21-27-12-13-28-21)22-16-5-7-17(8-6-16)23-11-1-2-20(23)25/h3-10,21H,1-2,11-14H2,(H,22,24). The normalized spacial score (nSPS) is 17.1. The summed E-state index contributed by atoms with van der Waals surface area (Å²) in [7, 11) is 0. The van der Waals surface area contributed by atoms with Crippen LogP contribution in [0.3, 0.4) is 0 Å². The molecule has 0 radical (unpaired) electrons. The van der Waals surface area contributed by atoms with Crippen LogP contribution in [0.1, 0.15) is 23.0 Å². The average molecular weight is 415 g/mol. The minimum atomic E-state index is -0.212. The Labute approximate surface area is 173 Å². The zero-order chi connectivity index (χ0) is 19.3. The minimum absolute atomic E-state index is 0.0430. The van der Waals surface area contributed by atoms with Gasteiger partial charge in [0.2, 0.25) is 5.91 Å². The molecule has 4 rings (SSSR count). The van der Waals surface area contributed by atoms with Gasteiger partial charge in [-0.2, -0.15) is 0 Å². The van der Waals surface area contributed by atoms with Gasteiger partial charge < -0.3 is 15.0 Å². The van der Waals surface area contributed by atoms with E-state index in [0.29, 0.717) is 22.4 Å². The fourth-order valence-electron chi connectivity index (χ4n) is 3.26. The number of carbonyl (C=O) groups is 2. The van der Waals surface area contributed by atoms with Crippen molar-refractivity contribution in [2.75, 3.05) is 34.9 Å². The van der Waals surface area contributed by atoms with Crippen molar-refractivity contribution in [2.24, 2.45) is 0 Å². The summed E-state index contributed by atoms with van der Waals surface area (Å²) in [5.41, 5.74) is 2.85. The lowest BCUT2D eigenvalue weighted by Crippen LogP contribution is -2.23. The Hall–Kier alpha value is -2.12. The van der Waals surface area contributed by atoms with Crippen LogP contribution >= 0.6 is 23.5 Å². The number of carbonyl (C=O) groups excluding carboxylic acids is 2. The second kappa shape index (κ2) is 8.92. The van der Waals surface area contributed by atoms with E-state index >= 15 is 0 Å². The van der Waals surface area contributed by atoms with E-state index in [4.69, 9.17) is 4.74 Å². The maximum atomic E-state index is 12.1. The predicted octanol–water partition coefficient (Wildman–Crippen LogP) is 4.31. The minimum Gasteiger partial charge on any atom is -0.484 e. The Kier molecular flexibility index (Phi) is 6.12. The van der Waals surface area contributed by atoms with Crippen molar-refractivity contribution >= 4 is 46.7 Å². The van der Waals surface area contributed by atoms with Crippen molar-refractivity contribution in [1.82, 2.24) is 0 Å². The van der Waals surface area contributed by atoms with E-state index in [9.17, 15) is 9.59 Å². The quantitative estimate of drug-likeness (QED) is 0.763. The van der Waals surface area contributed by atoms with Crippen LogP contribution in [0.15, 0.2) is 48.5 Å². The highest BCUT2D eigenvalue weighted by Gasteiger charge is 2.21. The maximum absolute atomic E-state index is 12.1. The van der Waals surface area contributed by atoms with Crippen LogP contribution in [0.2, 0.25) is 0 Å². The monoisotopic (exact) mass is 414 g/mol. The van der Waals surface area contributed by atoms with Crippen LogP contribution in [0.25, 0.3) is 0 Å². The summed E-state index contributed by atoms with van der Waals surface area (Å²) < 4.78 is 6.11. The molecule has 2 saturated heterocycles. The van der Waals surface area contributed by atoms with Gasteiger partial charge in [0.15, 0.2) is 6.61 Å². The summed E-state index contributed by atoms with van der Waals surface area (Å²) in [4.78, 5) is 25.7. The molecule has 146 valence electrons. The first-order chi connectivity index (χ1) is 13.7. The topological polar surface area (TPSA) is 58.6 Å². The molecule has 0 bridgehead atoms. The molecule has 28 heavy (non-hydrogen) atoms. The molecule has 0 aliphatic carbocycles. The van der Waals surface area contributed by atoms with Gasteiger partial charge in [-0.05, 0) is 48.4 Å². The molecule has 2 fully saturated rings. The van der Waals surface area contributed by atoms with Gasteiger partial charge in [-0.25, -0.2) is 0 Å². The smallest absolute Gasteiger partial charge is 0.262 e. The third kappa shape index (κ3) is 4.64. The maximum Gasteiger partial charge on any atom is 0.262 e. The number of hydrogen-bond donors (Lipinski definition) is 1. The summed E-state index contributed by atoms with van der Waals surface area (Å²) in [5.74, 6) is 3.03. The Balaban J connectivity index is 1.26. The van der Waals surface area contributed by atoms with Gasteiger partial charge in [0, 0.05) is 35.8 Å². The van der Waals surface area contributed by atoms with E-state index < -0.39 is 0 Å². The molecule has 2 aromatic rings. The summed E-state index contributed by atoms with van der Waals surface area (Å²) in [5, 5.41) is 2.82. The van der Waals surface area contributed by atoms with E-state index in [1.54, 1.807) is 4.90 Å². The van der Waals surface area contributed by atoms with Gasteiger partial charge in [-0.1, -0.05) is 12.1 Å². The molecular formula is C21H22N2O3S2. The molecule has 5 nitrogen and oxygen atoms in total.